The van der Waals surface area contributed by atoms with Crippen LogP contribution in [0.25, 0.3) is 0 Å². The Bertz CT molecular complexity index is 693. The van der Waals surface area contributed by atoms with E-state index in [0.717, 1.165) is 38.4 Å². The monoisotopic (exact) mass is 342 g/mol. The third-order valence-electron chi connectivity index (χ3n) is 4.71. The van der Waals surface area contributed by atoms with Crippen LogP contribution < -0.4 is 0 Å². The molecule has 1 aliphatic heterocycles. The molecule has 3 rings (SSSR count). The zero-order valence-electron chi connectivity index (χ0n) is 15.9. The van der Waals surface area contributed by atoms with Crippen LogP contribution in [0.4, 0.5) is 0 Å². The molecule has 3 heterocycles. The molecule has 0 aromatic carbocycles. The van der Waals surface area contributed by atoms with Crippen molar-refractivity contribution in [3.63, 3.8) is 0 Å². The first-order chi connectivity index (χ1) is 12.1. The fraction of sp³-hybridized carbons (Fsp3) is 0.632. The Morgan fingerprint density at radius 1 is 1.28 bits per heavy atom. The van der Waals surface area contributed by atoms with Crippen molar-refractivity contribution in [3.05, 3.63) is 41.2 Å². The number of aromatic nitrogens is 4. The van der Waals surface area contributed by atoms with Crippen molar-refractivity contribution in [2.45, 2.75) is 58.8 Å². The van der Waals surface area contributed by atoms with Crippen LogP contribution in [0.3, 0.4) is 0 Å². The van der Waals surface area contributed by atoms with Gasteiger partial charge in [-0.25, -0.2) is 9.97 Å². The van der Waals surface area contributed by atoms with Crippen LogP contribution in [0, 0.1) is 6.92 Å². The van der Waals surface area contributed by atoms with Gasteiger partial charge in [0, 0.05) is 43.2 Å². The lowest BCUT2D eigenvalue weighted by Gasteiger charge is -2.26. The fourth-order valence-corrected chi connectivity index (χ4v) is 3.66. The molecule has 6 nitrogen and oxygen atoms in total. The van der Waals surface area contributed by atoms with E-state index in [4.69, 9.17) is 4.98 Å². The van der Waals surface area contributed by atoms with Crippen molar-refractivity contribution in [2.75, 3.05) is 20.6 Å². The number of hydrogen-bond donors (Lipinski definition) is 0. The maximum atomic E-state index is 4.83. The summed E-state index contributed by atoms with van der Waals surface area (Å²) >= 11 is 0. The maximum absolute atomic E-state index is 4.83. The minimum Gasteiger partial charge on any atom is -0.305 e. The molecule has 1 fully saturated rings. The van der Waals surface area contributed by atoms with Gasteiger partial charge >= 0.3 is 0 Å². The zero-order chi connectivity index (χ0) is 17.8. The molecule has 6 heteroatoms. The summed E-state index contributed by atoms with van der Waals surface area (Å²) in [4.78, 5) is 14.0. The lowest BCUT2D eigenvalue weighted by atomic mass is 10.1. The van der Waals surface area contributed by atoms with Gasteiger partial charge in [0.15, 0.2) is 0 Å². The SMILES string of the molecule is CCCn1cc(CN2CCC[C@H]2c2nc(C)ncc2CN(C)C)cn1. The Labute approximate surface area is 150 Å². The molecule has 25 heavy (non-hydrogen) atoms. The maximum Gasteiger partial charge on any atom is 0.125 e. The molecule has 0 aliphatic carbocycles. The number of aryl methyl sites for hydroxylation is 2. The highest BCUT2D eigenvalue weighted by Gasteiger charge is 2.29. The average Bonchev–Trinajstić information content (AvgIpc) is 3.19. The largest absolute Gasteiger partial charge is 0.305 e. The Balaban J connectivity index is 1.80. The Kier molecular flexibility index (Phi) is 5.81. The normalized spacial score (nSPS) is 18.4. The molecular formula is C19H30N6. The second kappa shape index (κ2) is 8.06. The first-order valence-electron chi connectivity index (χ1n) is 9.29. The standard InChI is InChI=1S/C19H30N6/c1-5-8-25-13-16(10-21-25)12-24-9-6-7-18(24)19-17(14-23(3)4)11-20-15(2)22-19/h10-11,13,18H,5-9,12,14H2,1-4H3/t18-/m0/s1. The van der Waals surface area contributed by atoms with Crippen LogP contribution in [0.5, 0.6) is 0 Å². The molecule has 0 spiro atoms. The Hall–Kier alpha value is -1.79. The summed E-state index contributed by atoms with van der Waals surface area (Å²) in [6.07, 6.45) is 9.70. The predicted molar refractivity (Wildman–Crippen MR) is 99.1 cm³/mol. The summed E-state index contributed by atoms with van der Waals surface area (Å²) in [5.74, 6) is 0.861. The molecule has 0 bridgehead atoms. The molecule has 136 valence electrons. The van der Waals surface area contributed by atoms with Crippen LogP contribution >= 0.6 is 0 Å². The molecule has 1 aliphatic rings. The van der Waals surface area contributed by atoms with Crippen LogP contribution in [0.1, 0.15) is 54.9 Å². The summed E-state index contributed by atoms with van der Waals surface area (Å²) in [5.41, 5.74) is 3.74. The first kappa shape index (κ1) is 18.0. The topological polar surface area (TPSA) is 50.1 Å². The molecule has 0 saturated carbocycles. The van der Waals surface area contributed by atoms with Gasteiger partial charge in [-0.1, -0.05) is 6.92 Å². The summed E-state index contributed by atoms with van der Waals surface area (Å²) in [7, 11) is 4.19. The van der Waals surface area contributed by atoms with Gasteiger partial charge in [-0.3, -0.25) is 9.58 Å². The minimum atomic E-state index is 0.381. The second-order valence-corrected chi connectivity index (χ2v) is 7.31. The third-order valence-corrected chi connectivity index (χ3v) is 4.71. The lowest BCUT2D eigenvalue weighted by Crippen LogP contribution is -2.26. The molecular weight excluding hydrogens is 312 g/mol. The van der Waals surface area contributed by atoms with Gasteiger partial charge in [0.05, 0.1) is 17.9 Å². The highest BCUT2D eigenvalue weighted by molar-refractivity contribution is 5.22. The molecule has 2 aromatic rings. The second-order valence-electron chi connectivity index (χ2n) is 7.31. The minimum absolute atomic E-state index is 0.381. The van der Waals surface area contributed by atoms with E-state index >= 15 is 0 Å². The van der Waals surface area contributed by atoms with Crippen LogP contribution in [-0.2, 0) is 19.6 Å². The molecule has 0 N–H and O–H groups in total. The Morgan fingerprint density at radius 3 is 2.88 bits per heavy atom. The number of hydrogen-bond acceptors (Lipinski definition) is 5. The summed E-state index contributed by atoms with van der Waals surface area (Å²) in [5, 5.41) is 4.47. The van der Waals surface area contributed by atoms with Gasteiger partial charge in [0.25, 0.3) is 0 Å². The van der Waals surface area contributed by atoms with E-state index in [1.54, 1.807) is 0 Å². The highest BCUT2D eigenvalue weighted by Crippen LogP contribution is 2.34. The van der Waals surface area contributed by atoms with Gasteiger partial charge < -0.3 is 4.90 Å². The average molecular weight is 342 g/mol. The predicted octanol–water partition coefficient (Wildman–Crippen LogP) is 2.79. The van der Waals surface area contributed by atoms with Crippen molar-refractivity contribution in [2.24, 2.45) is 0 Å². The summed E-state index contributed by atoms with van der Waals surface area (Å²) < 4.78 is 2.05. The van der Waals surface area contributed by atoms with Crippen molar-refractivity contribution in [1.29, 1.82) is 0 Å². The highest BCUT2D eigenvalue weighted by atomic mass is 15.3. The molecule has 2 aromatic heterocycles. The lowest BCUT2D eigenvalue weighted by molar-refractivity contribution is 0.241. The van der Waals surface area contributed by atoms with E-state index in [9.17, 15) is 0 Å². The number of likely N-dealkylation sites (tertiary alicyclic amines) is 1. The Morgan fingerprint density at radius 2 is 2.12 bits per heavy atom. The van der Waals surface area contributed by atoms with E-state index in [0.29, 0.717) is 6.04 Å². The van der Waals surface area contributed by atoms with Gasteiger partial charge in [0.1, 0.15) is 5.82 Å². The van der Waals surface area contributed by atoms with E-state index in [-0.39, 0.29) is 0 Å². The van der Waals surface area contributed by atoms with E-state index in [1.165, 1.54) is 29.7 Å². The van der Waals surface area contributed by atoms with Gasteiger partial charge in [0.2, 0.25) is 0 Å². The van der Waals surface area contributed by atoms with Gasteiger partial charge in [-0.05, 0) is 46.8 Å². The van der Waals surface area contributed by atoms with Crippen LogP contribution in [0.2, 0.25) is 0 Å². The van der Waals surface area contributed by atoms with E-state index < -0.39 is 0 Å². The molecule has 1 atom stereocenters. The molecule has 1 saturated heterocycles. The number of nitrogens with zero attached hydrogens (tertiary/aromatic N) is 6. The van der Waals surface area contributed by atoms with Crippen LogP contribution in [-0.4, -0.2) is 50.2 Å². The van der Waals surface area contributed by atoms with Crippen molar-refractivity contribution < 1.29 is 0 Å². The van der Waals surface area contributed by atoms with Crippen LogP contribution in [0.15, 0.2) is 18.6 Å². The summed E-state index contributed by atoms with van der Waals surface area (Å²) in [6.45, 7) is 8.10. The molecule has 0 radical (unpaired) electrons. The van der Waals surface area contributed by atoms with Crippen molar-refractivity contribution in [3.8, 4) is 0 Å². The first-order valence-corrected chi connectivity index (χ1v) is 9.29. The van der Waals surface area contributed by atoms with Gasteiger partial charge in [-0.15, -0.1) is 0 Å². The molecule has 0 amide bonds. The quantitative estimate of drug-likeness (QED) is 0.774. The fourth-order valence-electron chi connectivity index (χ4n) is 3.66. The smallest absolute Gasteiger partial charge is 0.125 e. The molecule has 0 unspecified atom stereocenters. The number of rotatable bonds is 7. The zero-order valence-corrected chi connectivity index (χ0v) is 15.9. The van der Waals surface area contributed by atoms with Crippen molar-refractivity contribution in [1.82, 2.24) is 29.5 Å². The third kappa shape index (κ3) is 4.44. The van der Waals surface area contributed by atoms with Gasteiger partial charge in [-0.2, -0.15) is 5.10 Å². The summed E-state index contributed by atoms with van der Waals surface area (Å²) in [6, 6.07) is 0.381. The van der Waals surface area contributed by atoms with E-state index in [2.05, 4.69) is 47.1 Å². The van der Waals surface area contributed by atoms with E-state index in [1.807, 2.05) is 24.0 Å². The van der Waals surface area contributed by atoms with Crippen molar-refractivity contribution >= 4 is 0 Å².